The molecule has 4 aromatic rings. The predicted octanol–water partition coefficient (Wildman–Crippen LogP) is 5.84. The van der Waals surface area contributed by atoms with Gasteiger partial charge in [0.2, 0.25) is 0 Å². The van der Waals surface area contributed by atoms with E-state index >= 15 is 0 Å². The maximum Gasteiger partial charge on any atom is 0.197 e. The van der Waals surface area contributed by atoms with E-state index in [1.807, 2.05) is 97.6 Å². The van der Waals surface area contributed by atoms with Crippen molar-refractivity contribution < 1.29 is 4.79 Å². The smallest absolute Gasteiger partial charge is 0.197 e. The van der Waals surface area contributed by atoms with E-state index in [0.29, 0.717) is 37.3 Å². The Morgan fingerprint density at radius 2 is 1.05 bits per heavy atom. The molecule has 4 aromatic carbocycles. The summed E-state index contributed by atoms with van der Waals surface area (Å²) in [5, 5.41) is 7.02. The molecular weight excluding hydrogens is 496 g/mol. The van der Waals surface area contributed by atoms with Crippen LogP contribution in [0.3, 0.4) is 0 Å². The Bertz CT molecular complexity index is 1420. The minimum Gasteiger partial charge on any atom is -0.381 e. The second-order valence-electron chi connectivity index (χ2n) is 9.82. The molecule has 2 aliphatic heterocycles. The lowest BCUT2D eigenvalue weighted by Crippen LogP contribution is -2.26. The monoisotopic (exact) mass is 528 g/mol. The van der Waals surface area contributed by atoms with E-state index in [2.05, 4.69) is 42.6 Å². The Hall–Kier alpha value is -4.91. The van der Waals surface area contributed by atoms with Crippen LogP contribution in [0.5, 0.6) is 0 Å². The lowest BCUT2D eigenvalue weighted by molar-refractivity contribution is 0.103. The minimum atomic E-state index is -0.00581. The van der Waals surface area contributed by atoms with Crippen molar-refractivity contribution in [1.29, 1.82) is 0 Å². The van der Waals surface area contributed by atoms with Crippen LogP contribution in [0.2, 0.25) is 0 Å². The highest BCUT2D eigenvalue weighted by molar-refractivity contribution is 6.17. The van der Waals surface area contributed by atoms with E-state index in [1.54, 1.807) is 0 Å². The lowest BCUT2D eigenvalue weighted by Gasteiger charge is -2.25. The number of nitrogens with zero attached hydrogens (tertiary/aromatic N) is 4. The molecule has 0 unspecified atom stereocenters. The molecule has 0 aromatic heterocycles. The van der Waals surface area contributed by atoms with E-state index in [4.69, 9.17) is 0 Å². The van der Waals surface area contributed by atoms with Crippen molar-refractivity contribution in [2.24, 2.45) is 9.98 Å². The number of carbonyl (C=O) groups is 1. The molecule has 0 atom stereocenters. The molecule has 0 saturated heterocycles. The first-order valence-electron chi connectivity index (χ1n) is 13.7. The molecule has 0 bridgehead atoms. The van der Waals surface area contributed by atoms with E-state index in [0.717, 1.165) is 47.0 Å². The highest BCUT2D eigenvalue weighted by Gasteiger charge is 2.26. The van der Waals surface area contributed by atoms with Crippen molar-refractivity contribution in [1.82, 2.24) is 0 Å². The van der Waals surface area contributed by atoms with Gasteiger partial charge in [0.05, 0.1) is 37.1 Å². The fourth-order valence-corrected chi connectivity index (χ4v) is 5.26. The highest BCUT2D eigenvalue weighted by atomic mass is 16.1. The minimum absolute atomic E-state index is 0.00581. The molecule has 0 saturated carbocycles. The third kappa shape index (κ3) is 5.45. The molecule has 7 heteroatoms. The zero-order chi connectivity index (χ0) is 27.1. The summed E-state index contributed by atoms with van der Waals surface area (Å²) in [5.74, 6) is -0.00581. The third-order valence-corrected chi connectivity index (χ3v) is 7.20. The van der Waals surface area contributed by atoms with E-state index in [1.165, 1.54) is 0 Å². The van der Waals surface area contributed by atoms with Gasteiger partial charge in [-0.15, -0.1) is 0 Å². The van der Waals surface area contributed by atoms with Gasteiger partial charge in [-0.3, -0.25) is 14.8 Å². The number of carbonyl (C=O) groups excluding carboxylic acids is 1. The van der Waals surface area contributed by atoms with Crippen LogP contribution in [0.1, 0.15) is 27.0 Å². The summed E-state index contributed by atoms with van der Waals surface area (Å²) in [5.41, 5.74) is 7.34. The van der Waals surface area contributed by atoms with Crippen LogP contribution in [0.15, 0.2) is 107 Å². The highest BCUT2D eigenvalue weighted by Crippen LogP contribution is 2.34. The largest absolute Gasteiger partial charge is 0.381 e. The fraction of sp³-hybridized carbons (Fsp3) is 0.182. The van der Waals surface area contributed by atoms with Crippen LogP contribution in [-0.2, 0) is 13.1 Å². The Balaban J connectivity index is 1.38. The molecule has 40 heavy (non-hydrogen) atoms. The third-order valence-electron chi connectivity index (χ3n) is 7.20. The van der Waals surface area contributed by atoms with Gasteiger partial charge in [0.1, 0.15) is 0 Å². The van der Waals surface area contributed by atoms with Crippen molar-refractivity contribution in [2.75, 3.05) is 46.6 Å². The molecule has 0 fully saturated rings. The van der Waals surface area contributed by atoms with Crippen LogP contribution in [0, 0.1) is 0 Å². The van der Waals surface area contributed by atoms with Gasteiger partial charge in [-0.1, -0.05) is 60.7 Å². The summed E-state index contributed by atoms with van der Waals surface area (Å²) in [6, 6.07) is 32.2. The predicted molar refractivity (Wildman–Crippen MR) is 165 cm³/mol. The van der Waals surface area contributed by atoms with E-state index in [9.17, 15) is 4.79 Å². The first-order valence-corrected chi connectivity index (χ1v) is 13.7. The number of hydrogen-bond acceptors (Lipinski definition) is 7. The summed E-state index contributed by atoms with van der Waals surface area (Å²) in [6.07, 6.45) is 3.71. The quantitative estimate of drug-likeness (QED) is 0.253. The number of aliphatic imine (C=N–C) groups is 2. The molecule has 0 amide bonds. The Kier molecular flexibility index (Phi) is 7.53. The summed E-state index contributed by atoms with van der Waals surface area (Å²) in [4.78, 5) is 27.6. The number of ketones is 1. The SMILES string of the molecule is O=C(c1cccc(CNc2ccccc2)c1N1C=NCC1)c1cccc(CNc2ccccc2)c1N1C=NCC1. The molecule has 2 aliphatic rings. The summed E-state index contributed by atoms with van der Waals surface area (Å²) in [6.45, 7) is 4.11. The molecule has 2 heterocycles. The summed E-state index contributed by atoms with van der Waals surface area (Å²) in [7, 11) is 0. The summed E-state index contributed by atoms with van der Waals surface area (Å²) >= 11 is 0. The standard InChI is InChI=1S/C33H32N6O/c40-33(29-15-7-9-25(31(29)38-19-17-34-23-38)21-36-27-11-3-1-4-12-27)30-16-8-10-26(32(30)39-20-18-35-24-39)22-37-28-13-5-2-6-14-28/h1-16,23-24,36-37H,17-22H2. The maximum atomic E-state index is 14.5. The van der Waals surface area contributed by atoms with Crippen LogP contribution < -0.4 is 20.4 Å². The molecular formula is C33H32N6O. The topological polar surface area (TPSA) is 72.3 Å². The normalized spacial score (nSPS) is 14.1. The van der Waals surface area contributed by atoms with Crippen LogP contribution in [0.25, 0.3) is 0 Å². The van der Waals surface area contributed by atoms with Gasteiger partial charge >= 0.3 is 0 Å². The Labute approximate surface area is 234 Å². The first-order chi connectivity index (χ1) is 19.8. The zero-order valence-corrected chi connectivity index (χ0v) is 22.3. The number of anilines is 4. The van der Waals surface area contributed by atoms with Crippen molar-refractivity contribution >= 4 is 41.2 Å². The van der Waals surface area contributed by atoms with Gasteiger partial charge in [0, 0.05) is 48.7 Å². The van der Waals surface area contributed by atoms with Gasteiger partial charge in [0.25, 0.3) is 0 Å². The number of nitrogens with one attached hydrogen (secondary N) is 2. The van der Waals surface area contributed by atoms with E-state index < -0.39 is 0 Å². The number of benzene rings is 4. The summed E-state index contributed by atoms with van der Waals surface area (Å²) < 4.78 is 0. The Morgan fingerprint density at radius 3 is 1.45 bits per heavy atom. The van der Waals surface area contributed by atoms with E-state index in [-0.39, 0.29) is 5.78 Å². The first kappa shape index (κ1) is 25.4. The average molecular weight is 529 g/mol. The number of hydrogen-bond donors (Lipinski definition) is 2. The zero-order valence-electron chi connectivity index (χ0n) is 22.3. The van der Waals surface area contributed by atoms with Gasteiger partial charge in [0.15, 0.2) is 5.78 Å². The molecule has 6 rings (SSSR count). The molecule has 0 radical (unpaired) electrons. The molecule has 0 spiro atoms. The molecule has 200 valence electrons. The van der Waals surface area contributed by atoms with Crippen molar-refractivity contribution in [3.63, 3.8) is 0 Å². The molecule has 7 nitrogen and oxygen atoms in total. The van der Waals surface area contributed by atoms with Crippen LogP contribution in [0.4, 0.5) is 22.7 Å². The Morgan fingerprint density at radius 1 is 0.600 bits per heavy atom. The lowest BCUT2D eigenvalue weighted by atomic mass is 9.94. The van der Waals surface area contributed by atoms with Crippen LogP contribution >= 0.6 is 0 Å². The van der Waals surface area contributed by atoms with Gasteiger partial charge in [-0.05, 0) is 47.5 Å². The van der Waals surface area contributed by atoms with Crippen LogP contribution in [-0.4, -0.2) is 44.6 Å². The van der Waals surface area contributed by atoms with Gasteiger partial charge in [-0.2, -0.15) is 0 Å². The maximum absolute atomic E-state index is 14.5. The van der Waals surface area contributed by atoms with Crippen molar-refractivity contribution in [2.45, 2.75) is 13.1 Å². The van der Waals surface area contributed by atoms with Crippen molar-refractivity contribution in [3.05, 3.63) is 119 Å². The second kappa shape index (κ2) is 11.9. The number of rotatable bonds is 10. The van der Waals surface area contributed by atoms with Crippen molar-refractivity contribution in [3.8, 4) is 0 Å². The van der Waals surface area contributed by atoms with Gasteiger partial charge in [-0.25, -0.2) is 0 Å². The number of para-hydroxylation sites is 4. The second-order valence-corrected chi connectivity index (χ2v) is 9.82. The van der Waals surface area contributed by atoms with Gasteiger partial charge < -0.3 is 20.4 Å². The fourth-order valence-electron chi connectivity index (χ4n) is 5.26. The molecule has 2 N–H and O–H groups in total. The average Bonchev–Trinajstić information content (AvgIpc) is 3.75. The molecule has 0 aliphatic carbocycles.